The molecule has 35 heavy (non-hydrogen) atoms. The maximum absolute atomic E-state index is 13.4. The Kier molecular flexibility index (Phi) is 6.44. The highest BCUT2D eigenvalue weighted by atomic mass is 32.1. The number of pyridine rings is 1. The van der Waals surface area contributed by atoms with Gasteiger partial charge >= 0.3 is 5.97 Å². The van der Waals surface area contributed by atoms with Crippen LogP contribution in [0.25, 0.3) is 0 Å². The molecule has 5 rings (SSSR count). The van der Waals surface area contributed by atoms with Crippen LogP contribution < -0.4 is 15.6 Å². The number of nitriles is 1. The van der Waals surface area contributed by atoms with Crippen molar-refractivity contribution >= 4 is 28.1 Å². The number of ketones is 1. The van der Waals surface area contributed by atoms with E-state index in [0.29, 0.717) is 41.0 Å². The molecule has 0 saturated carbocycles. The fraction of sp³-hybridized carbons (Fsp3) is 0.407. The Hall–Kier alpha value is -3.44. The molecule has 2 aliphatic carbocycles. The second-order valence-corrected chi connectivity index (χ2v) is 10.2. The molecule has 0 radical (unpaired) electrons. The lowest BCUT2D eigenvalue weighted by Gasteiger charge is -2.39. The quantitative estimate of drug-likeness (QED) is 0.506. The largest absolute Gasteiger partial charge is 0.462 e. The van der Waals surface area contributed by atoms with Crippen LogP contribution in [0.3, 0.4) is 0 Å². The van der Waals surface area contributed by atoms with Crippen molar-refractivity contribution in [2.24, 2.45) is 5.73 Å². The molecule has 2 aromatic rings. The SMILES string of the molecule is CCOC(=O)c1c(N2C(N)=C(C#N)C(c3ccc[nH+]c3)C3=C2CCCC3=O)sc2c1CCCCC2. The van der Waals surface area contributed by atoms with E-state index in [1.54, 1.807) is 24.5 Å². The molecule has 180 valence electrons. The topological polar surface area (TPSA) is 111 Å². The van der Waals surface area contributed by atoms with Crippen molar-refractivity contribution in [2.75, 3.05) is 11.5 Å². The number of esters is 1. The summed E-state index contributed by atoms with van der Waals surface area (Å²) in [6.45, 7) is 2.07. The number of Topliss-reactive ketones (excluding diaryl/α,β-unsaturated/α-hetero) is 1. The number of allylic oxidation sites excluding steroid dienone is 3. The molecule has 0 aromatic carbocycles. The van der Waals surface area contributed by atoms with Gasteiger partial charge in [0.2, 0.25) is 0 Å². The summed E-state index contributed by atoms with van der Waals surface area (Å²) in [4.78, 5) is 32.7. The number of aromatic nitrogens is 1. The van der Waals surface area contributed by atoms with Crippen molar-refractivity contribution < 1.29 is 19.3 Å². The van der Waals surface area contributed by atoms with Gasteiger partial charge in [-0.2, -0.15) is 5.26 Å². The molecule has 1 unspecified atom stereocenters. The van der Waals surface area contributed by atoms with Gasteiger partial charge in [-0.15, -0.1) is 11.3 Å². The molecule has 3 N–H and O–H groups in total. The maximum Gasteiger partial charge on any atom is 0.341 e. The standard InChI is InChI=1S/C27H28N4O3S/c1-2-34-27(33)23-17-9-4-3-5-12-21(17)35-26(23)31-19-10-6-11-20(32)24(19)22(18(14-28)25(31)29)16-8-7-13-30-15-16/h7-8,13,15,22H,2-6,9-12,29H2,1H3/p+1. The van der Waals surface area contributed by atoms with E-state index in [1.807, 2.05) is 23.2 Å². The van der Waals surface area contributed by atoms with Crippen LogP contribution >= 0.6 is 11.3 Å². The Morgan fingerprint density at radius 1 is 1.26 bits per heavy atom. The average molecular weight is 490 g/mol. The molecule has 3 heterocycles. The fourth-order valence-corrected chi connectivity index (χ4v) is 6.95. The van der Waals surface area contributed by atoms with E-state index in [0.717, 1.165) is 48.9 Å². The van der Waals surface area contributed by atoms with Gasteiger partial charge < -0.3 is 10.5 Å². The lowest BCUT2D eigenvalue weighted by atomic mass is 9.76. The summed E-state index contributed by atoms with van der Waals surface area (Å²) < 4.78 is 5.49. The lowest BCUT2D eigenvalue weighted by Crippen LogP contribution is -2.39. The number of aromatic amines is 1. The Balaban J connectivity index is 1.76. The van der Waals surface area contributed by atoms with Gasteiger partial charge in [0.1, 0.15) is 10.8 Å². The van der Waals surface area contributed by atoms with Crippen LogP contribution in [0.2, 0.25) is 0 Å². The van der Waals surface area contributed by atoms with Gasteiger partial charge in [0, 0.05) is 34.2 Å². The number of carbonyl (C=O) groups excluding carboxylic acids is 2. The van der Waals surface area contributed by atoms with E-state index in [2.05, 4.69) is 11.1 Å². The normalized spacial score (nSPS) is 20.2. The summed E-state index contributed by atoms with van der Waals surface area (Å²) in [5.41, 5.74) is 10.9. The average Bonchev–Trinajstić information content (AvgIpc) is 3.05. The van der Waals surface area contributed by atoms with E-state index < -0.39 is 5.92 Å². The number of carbonyl (C=O) groups is 2. The predicted octanol–water partition coefficient (Wildman–Crippen LogP) is 4.31. The van der Waals surface area contributed by atoms with Gasteiger partial charge in [-0.1, -0.05) is 6.42 Å². The van der Waals surface area contributed by atoms with Gasteiger partial charge in [0.15, 0.2) is 18.2 Å². The van der Waals surface area contributed by atoms with Crippen LogP contribution in [0.5, 0.6) is 0 Å². The summed E-state index contributed by atoms with van der Waals surface area (Å²) in [5.74, 6) is -0.574. The minimum absolute atomic E-state index is 0.0288. The first-order valence-corrected chi connectivity index (χ1v) is 13.1. The van der Waals surface area contributed by atoms with Crippen molar-refractivity contribution in [1.29, 1.82) is 5.26 Å². The van der Waals surface area contributed by atoms with Crippen molar-refractivity contribution in [1.82, 2.24) is 0 Å². The van der Waals surface area contributed by atoms with Crippen molar-refractivity contribution in [2.45, 2.75) is 64.2 Å². The molecule has 7 nitrogen and oxygen atoms in total. The van der Waals surface area contributed by atoms with E-state index in [-0.39, 0.29) is 24.2 Å². The number of nitrogens with two attached hydrogens (primary N) is 1. The van der Waals surface area contributed by atoms with E-state index in [1.165, 1.54) is 4.88 Å². The van der Waals surface area contributed by atoms with Gasteiger partial charge in [0.05, 0.1) is 29.7 Å². The summed E-state index contributed by atoms with van der Waals surface area (Å²) in [6, 6.07) is 6.07. The molecule has 0 amide bonds. The monoisotopic (exact) mass is 489 g/mol. The van der Waals surface area contributed by atoms with Crippen molar-refractivity contribution in [3.05, 3.63) is 68.8 Å². The third-order valence-electron chi connectivity index (χ3n) is 7.06. The molecule has 0 bridgehead atoms. The minimum atomic E-state index is -0.527. The minimum Gasteiger partial charge on any atom is -0.462 e. The van der Waals surface area contributed by atoms with Crippen LogP contribution in [-0.2, 0) is 22.4 Å². The summed E-state index contributed by atoms with van der Waals surface area (Å²) >= 11 is 1.56. The smallest absolute Gasteiger partial charge is 0.341 e. The van der Waals surface area contributed by atoms with E-state index in [4.69, 9.17) is 10.5 Å². The van der Waals surface area contributed by atoms with Gasteiger partial charge in [-0.3, -0.25) is 9.69 Å². The van der Waals surface area contributed by atoms with E-state index >= 15 is 0 Å². The van der Waals surface area contributed by atoms with Crippen LogP contribution in [0, 0.1) is 11.3 Å². The Bertz CT molecular complexity index is 1290. The zero-order valence-corrected chi connectivity index (χ0v) is 20.7. The van der Waals surface area contributed by atoms with Crippen molar-refractivity contribution in [3.8, 4) is 6.07 Å². The van der Waals surface area contributed by atoms with Crippen molar-refractivity contribution in [3.63, 3.8) is 0 Å². The molecular weight excluding hydrogens is 460 g/mol. The molecule has 8 heteroatoms. The van der Waals surface area contributed by atoms with E-state index in [9.17, 15) is 14.9 Å². The third-order valence-corrected chi connectivity index (χ3v) is 8.34. The highest BCUT2D eigenvalue weighted by Crippen LogP contribution is 2.50. The molecule has 1 aliphatic heterocycles. The Labute approximate surface area is 208 Å². The zero-order valence-electron chi connectivity index (χ0n) is 19.9. The maximum atomic E-state index is 13.4. The molecule has 3 aliphatic rings. The zero-order chi connectivity index (χ0) is 24.5. The number of thiophene rings is 1. The summed E-state index contributed by atoms with van der Waals surface area (Å²) in [5, 5.41) is 10.9. The number of H-pyrrole nitrogens is 1. The lowest BCUT2D eigenvalue weighted by molar-refractivity contribution is -0.378. The summed E-state index contributed by atoms with van der Waals surface area (Å²) in [7, 11) is 0. The number of hydrogen-bond acceptors (Lipinski definition) is 7. The van der Waals surface area contributed by atoms with Gasteiger partial charge in [0.25, 0.3) is 0 Å². The second-order valence-electron chi connectivity index (χ2n) is 9.12. The van der Waals surface area contributed by atoms with Gasteiger partial charge in [-0.05, 0) is 57.1 Å². The number of aryl methyl sites for hydroxylation is 1. The number of rotatable bonds is 4. The molecular formula is C27H29N4O3S+. The first kappa shape index (κ1) is 23.3. The molecule has 0 saturated heterocycles. The number of anilines is 1. The highest BCUT2D eigenvalue weighted by molar-refractivity contribution is 7.16. The number of hydrogen-bond donors (Lipinski definition) is 1. The molecule has 0 fully saturated rings. The van der Waals surface area contributed by atoms with Crippen LogP contribution in [-0.4, -0.2) is 18.4 Å². The molecule has 2 aromatic heterocycles. The number of nitrogens with zero attached hydrogens (tertiary/aromatic N) is 2. The van der Waals surface area contributed by atoms with Gasteiger partial charge in [-0.25, -0.2) is 9.78 Å². The van der Waals surface area contributed by atoms with Crippen LogP contribution in [0.4, 0.5) is 5.00 Å². The Morgan fingerprint density at radius 2 is 2.09 bits per heavy atom. The first-order valence-electron chi connectivity index (χ1n) is 12.3. The second kappa shape index (κ2) is 9.67. The number of fused-ring (bicyclic) bond motifs is 1. The first-order chi connectivity index (χ1) is 17.1. The summed E-state index contributed by atoms with van der Waals surface area (Å²) in [6.07, 6.45) is 10.3. The molecule has 0 spiro atoms. The predicted molar refractivity (Wildman–Crippen MR) is 132 cm³/mol. The molecule has 1 atom stereocenters. The number of ether oxygens (including phenoxy) is 1. The highest BCUT2D eigenvalue weighted by Gasteiger charge is 2.43. The van der Waals surface area contributed by atoms with Crippen LogP contribution in [0.15, 0.2) is 47.2 Å². The third kappa shape index (κ3) is 3.94. The fourth-order valence-electron chi connectivity index (χ4n) is 5.54. The number of nitrogens with one attached hydrogen (secondary N) is 1. The van der Waals surface area contributed by atoms with Crippen LogP contribution in [0.1, 0.15) is 77.7 Å². The Morgan fingerprint density at radius 3 is 2.83 bits per heavy atom.